The molecule has 0 bridgehead atoms. The number of hydrogen-bond acceptors (Lipinski definition) is 6. The van der Waals surface area contributed by atoms with E-state index in [4.69, 9.17) is 15.2 Å². The van der Waals surface area contributed by atoms with Crippen LogP contribution in [0.4, 0.5) is 0 Å². The van der Waals surface area contributed by atoms with Crippen LogP contribution in [0.15, 0.2) is 29.4 Å². The Morgan fingerprint density at radius 3 is 2.65 bits per heavy atom. The Morgan fingerprint density at radius 2 is 2.00 bits per heavy atom. The van der Waals surface area contributed by atoms with Crippen molar-refractivity contribution in [3.63, 3.8) is 0 Å². The van der Waals surface area contributed by atoms with Crippen molar-refractivity contribution < 1.29 is 19.1 Å². The molecule has 2 rings (SSSR count). The molecule has 0 aromatic heterocycles. The van der Waals surface area contributed by atoms with Crippen LogP contribution in [-0.2, 0) is 14.3 Å². The average Bonchev–Trinajstić information content (AvgIpc) is 2.55. The van der Waals surface area contributed by atoms with Gasteiger partial charge in [-0.05, 0) is 29.8 Å². The number of carbonyl (C=O) groups excluding carboxylic acids is 2. The van der Waals surface area contributed by atoms with Gasteiger partial charge in [0.15, 0.2) is 6.61 Å². The van der Waals surface area contributed by atoms with E-state index in [1.165, 1.54) is 6.21 Å². The second-order valence-corrected chi connectivity index (χ2v) is 5.01. The number of nitrogens with one attached hydrogen (secondary N) is 1. The molecule has 8 heteroatoms. The first-order valence-electron chi connectivity index (χ1n) is 7.26. The molecule has 1 aliphatic rings. The molecule has 23 heavy (non-hydrogen) atoms. The smallest absolute Gasteiger partial charge is 0.255 e. The van der Waals surface area contributed by atoms with E-state index in [0.717, 1.165) is 18.7 Å². The van der Waals surface area contributed by atoms with Gasteiger partial charge in [-0.15, -0.1) is 0 Å². The predicted molar refractivity (Wildman–Crippen MR) is 84.1 cm³/mol. The summed E-state index contributed by atoms with van der Waals surface area (Å²) in [5.74, 6) is -0.152. The molecule has 124 valence electrons. The Balaban J connectivity index is 1.73. The van der Waals surface area contributed by atoms with Crippen molar-refractivity contribution in [2.45, 2.75) is 0 Å². The lowest BCUT2D eigenvalue weighted by Gasteiger charge is -2.25. The first-order chi connectivity index (χ1) is 11.1. The van der Waals surface area contributed by atoms with E-state index in [-0.39, 0.29) is 12.5 Å². The number of primary amides is 1. The molecule has 0 unspecified atom stereocenters. The van der Waals surface area contributed by atoms with Crippen molar-refractivity contribution >= 4 is 18.0 Å². The van der Waals surface area contributed by atoms with Gasteiger partial charge in [-0.2, -0.15) is 5.10 Å². The minimum atomic E-state index is -0.529. The van der Waals surface area contributed by atoms with Crippen molar-refractivity contribution in [2.24, 2.45) is 10.8 Å². The molecule has 2 amide bonds. The maximum absolute atomic E-state index is 11.7. The maximum Gasteiger partial charge on any atom is 0.255 e. The van der Waals surface area contributed by atoms with Gasteiger partial charge in [0.2, 0.25) is 0 Å². The Morgan fingerprint density at radius 1 is 1.30 bits per heavy atom. The standard InChI is InChI=1S/C15H20N4O4/c16-14(20)11-23-13-3-1-12(2-4-13)9-17-18-15(21)10-19-5-7-22-8-6-19/h1-4,9H,5-8,10-11H2,(H2,16,20)(H,18,21)/b17-9+. The molecule has 0 radical (unpaired) electrons. The van der Waals surface area contributed by atoms with E-state index >= 15 is 0 Å². The highest BCUT2D eigenvalue weighted by Crippen LogP contribution is 2.10. The highest BCUT2D eigenvalue weighted by Gasteiger charge is 2.13. The molecule has 0 atom stereocenters. The van der Waals surface area contributed by atoms with Crippen LogP contribution in [0.5, 0.6) is 5.75 Å². The number of carbonyl (C=O) groups is 2. The fourth-order valence-electron chi connectivity index (χ4n) is 1.98. The molecule has 1 fully saturated rings. The van der Waals surface area contributed by atoms with Crippen LogP contribution in [0.25, 0.3) is 0 Å². The number of nitrogens with zero attached hydrogens (tertiary/aromatic N) is 2. The molecule has 0 saturated carbocycles. The van der Waals surface area contributed by atoms with Crippen molar-refractivity contribution in [2.75, 3.05) is 39.5 Å². The van der Waals surface area contributed by atoms with Gasteiger partial charge < -0.3 is 15.2 Å². The van der Waals surface area contributed by atoms with Crippen LogP contribution >= 0.6 is 0 Å². The molecule has 8 nitrogen and oxygen atoms in total. The monoisotopic (exact) mass is 320 g/mol. The third-order valence-corrected chi connectivity index (χ3v) is 3.13. The summed E-state index contributed by atoms with van der Waals surface area (Å²) < 4.78 is 10.4. The second-order valence-electron chi connectivity index (χ2n) is 5.01. The molecule has 1 aliphatic heterocycles. The van der Waals surface area contributed by atoms with Gasteiger partial charge in [0.1, 0.15) is 5.75 Å². The van der Waals surface area contributed by atoms with Crippen molar-refractivity contribution in [1.82, 2.24) is 10.3 Å². The second kappa shape index (κ2) is 8.86. The zero-order chi connectivity index (χ0) is 16.5. The predicted octanol–water partition coefficient (Wildman–Crippen LogP) is -0.667. The summed E-state index contributed by atoms with van der Waals surface area (Å²) in [5, 5.41) is 3.91. The highest BCUT2D eigenvalue weighted by atomic mass is 16.5. The fourth-order valence-corrected chi connectivity index (χ4v) is 1.98. The number of hydrazone groups is 1. The molecule has 3 N–H and O–H groups in total. The molecule has 0 spiro atoms. The van der Waals surface area contributed by atoms with E-state index in [0.29, 0.717) is 25.5 Å². The van der Waals surface area contributed by atoms with Gasteiger partial charge in [0, 0.05) is 13.1 Å². The highest BCUT2D eigenvalue weighted by molar-refractivity contribution is 5.83. The SMILES string of the molecule is NC(=O)COc1ccc(/C=N/NC(=O)CN2CCOCC2)cc1. The maximum atomic E-state index is 11.7. The molecular formula is C15H20N4O4. The molecule has 1 saturated heterocycles. The summed E-state index contributed by atoms with van der Waals surface area (Å²) >= 11 is 0. The van der Waals surface area contributed by atoms with E-state index in [2.05, 4.69) is 10.5 Å². The Kier molecular flexibility index (Phi) is 6.52. The summed E-state index contributed by atoms with van der Waals surface area (Å²) in [7, 11) is 0. The van der Waals surface area contributed by atoms with Crippen molar-refractivity contribution in [3.05, 3.63) is 29.8 Å². The van der Waals surface area contributed by atoms with Crippen molar-refractivity contribution in [3.8, 4) is 5.75 Å². The summed E-state index contributed by atoms with van der Waals surface area (Å²) in [4.78, 5) is 24.4. The van der Waals surface area contributed by atoms with Gasteiger partial charge in [0.05, 0.1) is 26.0 Å². The molecule has 0 aliphatic carbocycles. The van der Waals surface area contributed by atoms with Crippen LogP contribution in [0, 0.1) is 0 Å². The van der Waals surface area contributed by atoms with Gasteiger partial charge in [0.25, 0.3) is 11.8 Å². The number of hydrogen-bond donors (Lipinski definition) is 2. The van der Waals surface area contributed by atoms with Crippen LogP contribution in [-0.4, -0.2) is 62.4 Å². The van der Waals surface area contributed by atoms with Crippen LogP contribution in [0.1, 0.15) is 5.56 Å². The third kappa shape index (κ3) is 6.45. The lowest BCUT2D eigenvalue weighted by Crippen LogP contribution is -2.42. The summed E-state index contributed by atoms with van der Waals surface area (Å²) in [6.07, 6.45) is 1.54. The number of morpholine rings is 1. The van der Waals surface area contributed by atoms with Gasteiger partial charge in [-0.3, -0.25) is 14.5 Å². The van der Waals surface area contributed by atoms with Crippen LogP contribution < -0.4 is 15.9 Å². The van der Waals surface area contributed by atoms with E-state index in [9.17, 15) is 9.59 Å². The van der Waals surface area contributed by atoms with Gasteiger partial charge >= 0.3 is 0 Å². The summed E-state index contributed by atoms with van der Waals surface area (Å²) in [6.45, 7) is 2.96. The van der Waals surface area contributed by atoms with Crippen molar-refractivity contribution in [1.29, 1.82) is 0 Å². The Labute approximate surface area is 134 Å². The summed E-state index contributed by atoms with van der Waals surface area (Å²) in [5.41, 5.74) is 8.28. The minimum Gasteiger partial charge on any atom is -0.484 e. The molecule has 1 aromatic carbocycles. The Hall–Kier alpha value is -2.45. The largest absolute Gasteiger partial charge is 0.484 e. The van der Waals surface area contributed by atoms with Crippen LogP contribution in [0.2, 0.25) is 0 Å². The quantitative estimate of drug-likeness (QED) is 0.512. The third-order valence-electron chi connectivity index (χ3n) is 3.13. The lowest BCUT2D eigenvalue weighted by atomic mass is 10.2. The van der Waals surface area contributed by atoms with E-state index in [1.807, 2.05) is 4.90 Å². The minimum absolute atomic E-state index is 0.162. The zero-order valence-electron chi connectivity index (χ0n) is 12.7. The first kappa shape index (κ1) is 16.9. The number of ether oxygens (including phenoxy) is 2. The average molecular weight is 320 g/mol. The number of amides is 2. The van der Waals surface area contributed by atoms with Gasteiger partial charge in [-0.25, -0.2) is 5.43 Å². The number of benzene rings is 1. The molecule has 1 heterocycles. The number of nitrogens with two attached hydrogens (primary N) is 1. The number of rotatable bonds is 7. The fraction of sp³-hybridized carbons (Fsp3) is 0.400. The molecular weight excluding hydrogens is 300 g/mol. The topological polar surface area (TPSA) is 106 Å². The normalized spacial score (nSPS) is 15.5. The van der Waals surface area contributed by atoms with E-state index in [1.54, 1.807) is 24.3 Å². The van der Waals surface area contributed by atoms with Gasteiger partial charge in [-0.1, -0.05) is 0 Å². The Bertz CT molecular complexity index is 553. The van der Waals surface area contributed by atoms with E-state index < -0.39 is 5.91 Å². The zero-order valence-corrected chi connectivity index (χ0v) is 12.7. The lowest BCUT2D eigenvalue weighted by molar-refractivity contribution is -0.123. The van der Waals surface area contributed by atoms with Crippen LogP contribution in [0.3, 0.4) is 0 Å². The first-order valence-corrected chi connectivity index (χ1v) is 7.26. The summed E-state index contributed by atoms with van der Waals surface area (Å²) in [6, 6.07) is 6.90. The molecule has 1 aromatic rings.